The number of hydrogen-bond acceptors (Lipinski definition) is 15. The molecule has 0 aromatic heterocycles. The lowest BCUT2D eigenvalue weighted by molar-refractivity contribution is -0.156. The monoisotopic (exact) mass is 999 g/mol. The van der Waals surface area contributed by atoms with Gasteiger partial charge in [0.25, 0.3) is 0 Å². The largest absolute Gasteiger partial charge is 0.481 e. The molecule has 0 aliphatic carbocycles. The average Bonchev–Trinajstić information content (AvgIpc) is 3.98. The second-order valence-corrected chi connectivity index (χ2v) is 18.5. The highest BCUT2D eigenvalue weighted by atomic mass is 19.4. The van der Waals surface area contributed by atoms with E-state index in [0.29, 0.717) is 57.2 Å². The van der Waals surface area contributed by atoms with Crippen LogP contribution in [0.15, 0.2) is 0 Å². The number of esters is 3. The highest BCUT2D eigenvalue weighted by Gasteiger charge is 2.35. The number of carboxylic acid groups (broad SMARTS) is 1. The summed E-state index contributed by atoms with van der Waals surface area (Å²) in [5.74, 6) is -2.73. The summed E-state index contributed by atoms with van der Waals surface area (Å²) in [6, 6.07) is -2.33. The van der Waals surface area contributed by atoms with Gasteiger partial charge in [-0.2, -0.15) is 13.2 Å². The number of carbonyl (C=O) groups excluding carboxylic acids is 9. The van der Waals surface area contributed by atoms with Crippen LogP contribution in [0.25, 0.3) is 0 Å². The molecule has 0 bridgehead atoms. The van der Waals surface area contributed by atoms with Gasteiger partial charge in [0.1, 0.15) is 23.7 Å². The molecule has 21 nitrogen and oxygen atoms in total. The van der Waals surface area contributed by atoms with Crippen molar-refractivity contribution in [1.29, 1.82) is 0 Å². The maximum absolute atomic E-state index is 12.1. The van der Waals surface area contributed by atoms with Gasteiger partial charge in [0.05, 0.1) is 27.2 Å². The van der Waals surface area contributed by atoms with Crippen molar-refractivity contribution in [1.82, 2.24) is 26.6 Å². The zero-order chi connectivity index (χ0) is 53.8. The zero-order valence-electron chi connectivity index (χ0n) is 42.0. The molecule has 0 aromatic rings. The molecular formula is C45H77F3N6O15. The maximum atomic E-state index is 12.1. The number of carbonyl (C=O) groups is 10. The first kappa shape index (κ1) is 65.5. The van der Waals surface area contributed by atoms with Gasteiger partial charge >= 0.3 is 36.1 Å². The third kappa shape index (κ3) is 30.5. The number of ether oxygens (including phenoxy) is 4. The van der Waals surface area contributed by atoms with E-state index in [-0.39, 0.29) is 59.6 Å². The zero-order valence-corrected chi connectivity index (χ0v) is 42.0. The van der Waals surface area contributed by atoms with E-state index < -0.39 is 66.2 Å². The number of hydrogen-bond donors (Lipinski definition) is 7. The van der Waals surface area contributed by atoms with Crippen LogP contribution in [-0.4, -0.2) is 136 Å². The Kier molecular flexibility index (Phi) is 31.4. The van der Waals surface area contributed by atoms with Gasteiger partial charge in [-0.25, -0.2) is 14.4 Å². The molecule has 69 heavy (non-hydrogen) atoms. The molecule has 0 spiro atoms. The molecule has 3 rings (SSSR count). The number of halogens is 3. The molecule has 0 aromatic carbocycles. The molecule has 3 heterocycles. The fourth-order valence-electron chi connectivity index (χ4n) is 6.83. The van der Waals surface area contributed by atoms with Crippen LogP contribution in [0.4, 0.5) is 18.0 Å². The first-order valence-electron chi connectivity index (χ1n) is 22.7. The minimum atomic E-state index is -4.64. The number of methoxy groups -OCH3 is 3. The molecular weight excluding hydrogens is 922 g/mol. The Hall–Kier alpha value is -5.55. The van der Waals surface area contributed by atoms with Gasteiger partial charge in [0, 0.05) is 43.3 Å². The standard InChI is InChI=1S/C15H26N2O4.C13H22N2O5.C8H14N2O3.C7H14O2.C2HF3O/c1-9(2)7-10(3)13(18)17-12(15(20)21-4)8-11-5-6-16-14(11)19;1-13(2,3)20-12(18)15-9(11(17)19-4)7-8-5-6-14-10(8)16;1-13-8(12)6(9)4-5-2-3-10-7(5)11;1-5(2)4-6(3)7(8)9;3-2(4,5)1-6/h9-12H,5-8H2,1-4H3,(H,16,19)(H,17,18);8-9H,5-7H2,1-4H3,(H,14,16)(H,15,18);5-6H,2-4,9H2,1H3,(H,10,11);5-6H,4H2,1-3H3,(H,8,9);1H/t10-,11-,12-;8-,9-;5-,6-;6-;/m0000./s1. The third-order valence-electron chi connectivity index (χ3n) is 10.2. The number of nitrogens with two attached hydrogens (primary N) is 1. The summed E-state index contributed by atoms with van der Waals surface area (Å²) in [5.41, 5.74) is 4.86. The second kappa shape index (κ2) is 33.1. The molecule has 0 radical (unpaired) electrons. The number of alkyl halides is 3. The number of amides is 5. The summed E-state index contributed by atoms with van der Waals surface area (Å²) in [7, 11) is 3.81. The van der Waals surface area contributed by atoms with Gasteiger partial charge < -0.3 is 56.4 Å². The first-order valence-corrected chi connectivity index (χ1v) is 22.7. The third-order valence-corrected chi connectivity index (χ3v) is 10.2. The molecule has 8 N–H and O–H groups in total. The Morgan fingerprint density at radius 2 is 1.01 bits per heavy atom. The number of nitrogens with one attached hydrogen (secondary N) is 5. The van der Waals surface area contributed by atoms with Crippen LogP contribution >= 0.6 is 0 Å². The number of aliphatic carboxylic acids is 1. The Morgan fingerprint density at radius 1 is 0.667 bits per heavy atom. The van der Waals surface area contributed by atoms with Crippen molar-refractivity contribution in [3.63, 3.8) is 0 Å². The number of rotatable bonds is 17. The normalized spacial score (nSPS) is 19.4. The summed E-state index contributed by atoms with van der Waals surface area (Å²) >= 11 is 0. The van der Waals surface area contributed by atoms with Crippen molar-refractivity contribution >= 4 is 59.9 Å². The van der Waals surface area contributed by atoms with Crippen LogP contribution in [0.2, 0.25) is 0 Å². The van der Waals surface area contributed by atoms with Crippen LogP contribution < -0.4 is 32.3 Å². The van der Waals surface area contributed by atoms with Crippen molar-refractivity contribution < 1.29 is 85.2 Å². The minimum absolute atomic E-state index is 0.0145. The molecule has 0 unspecified atom stereocenters. The van der Waals surface area contributed by atoms with E-state index in [1.807, 2.05) is 34.6 Å². The van der Waals surface area contributed by atoms with E-state index in [1.54, 1.807) is 27.7 Å². The minimum Gasteiger partial charge on any atom is -0.481 e. The molecule has 3 aliphatic heterocycles. The Labute approximate surface area is 402 Å². The van der Waals surface area contributed by atoms with Crippen LogP contribution in [0.3, 0.4) is 0 Å². The van der Waals surface area contributed by atoms with Gasteiger partial charge in [0.2, 0.25) is 29.9 Å². The molecule has 3 saturated heterocycles. The lowest BCUT2D eigenvalue weighted by Gasteiger charge is -2.23. The van der Waals surface area contributed by atoms with Crippen molar-refractivity contribution in [2.24, 2.45) is 47.2 Å². The first-order chi connectivity index (χ1) is 31.8. The van der Waals surface area contributed by atoms with E-state index in [0.717, 1.165) is 19.3 Å². The van der Waals surface area contributed by atoms with Gasteiger partial charge in [-0.3, -0.25) is 33.6 Å². The number of aldehydes is 1. The van der Waals surface area contributed by atoms with Crippen LogP contribution in [0, 0.1) is 41.4 Å². The molecule has 0 saturated carbocycles. The molecule has 3 fully saturated rings. The van der Waals surface area contributed by atoms with Crippen molar-refractivity contribution in [3.8, 4) is 0 Å². The fraction of sp³-hybridized carbons (Fsp3) is 0.778. The second-order valence-electron chi connectivity index (χ2n) is 18.5. The lowest BCUT2D eigenvalue weighted by atomic mass is 9.95. The van der Waals surface area contributed by atoms with Crippen molar-refractivity contribution in [2.45, 2.75) is 144 Å². The Morgan fingerprint density at radius 3 is 1.29 bits per heavy atom. The highest BCUT2D eigenvalue weighted by Crippen LogP contribution is 2.20. The summed E-state index contributed by atoms with van der Waals surface area (Å²) in [5, 5.41) is 21.7. The van der Waals surface area contributed by atoms with E-state index in [2.05, 4.69) is 36.1 Å². The fourth-order valence-corrected chi connectivity index (χ4v) is 6.83. The highest BCUT2D eigenvalue weighted by molar-refractivity contribution is 5.87. The van der Waals surface area contributed by atoms with Crippen molar-refractivity contribution in [3.05, 3.63) is 0 Å². The Bertz CT molecular complexity index is 1680. The number of carboxylic acids is 1. The quantitative estimate of drug-likeness (QED) is 0.0626. The maximum Gasteiger partial charge on any atom is 0.446 e. The van der Waals surface area contributed by atoms with Crippen LogP contribution in [-0.2, 0) is 62.1 Å². The van der Waals surface area contributed by atoms with E-state index in [9.17, 15) is 56.3 Å². The summed E-state index contributed by atoms with van der Waals surface area (Å²) in [4.78, 5) is 111. The van der Waals surface area contributed by atoms with Gasteiger partial charge in [-0.15, -0.1) is 0 Å². The molecule has 3 aliphatic rings. The average molecular weight is 999 g/mol. The molecule has 398 valence electrons. The predicted molar refractivity (Wildman–Crippen MR) is 243 cm³/mol. The predicted octanol–water partition coefficient (Wildman–Crippen LogP) is 2.95. The van der Waals surface area contributed by atoms with E-state index in [4.69, 9.17) is 25.1 Å². The van der Waals surface area contributed by atoms with Crippen molar-refractivity contribution in [2.75, 3.05) is 41.0 Å². The van der Waals surface area contributed by atoms with E-state index >= 15 is 0 Å². The molecule has 8 atom stereocenters. The van der Waals surface area contributed by atoms with Crippen LogP contribution in [0.5, 0.6) is 0 Å². The molecule has 5 amide bonds. The summed E-state index contributed by atoms with van der Waals surface area (Å²) in [6.07, 6.45) is -1.93. The smallest absolute Gasteiger partial charge is 0.446 e. The summed E-state index contributed by atoms with van der Waals surface area (Å²) < 4.78 is 50.2. The molecule has 24 heteroatoms. The van der Waals surface area contributed by atoms with Gasteiger partial charge in [-0.05, 0) is 84.0 Å². The van der Waals surface area contributed by atoms with Crippen LogP contribution in [0.1, 0.15) is 114 Å². The van der Waals surface area contributed by atoms with Gasteiger partial charge in [-0.1, -0.05) is 41.5 Å². The number of alkyl carbamates (subject to hydrolysis) is 1. The van der Waals surface area contributed by atoms with Gasteiger partial charge in [0.15, 0.2) is 0 Å². The topological polar surface area (TPSA) is 314 Å². The van der Waals surface area contributed by atoms with E-state index in [1.165, 1.54) is 21.3 Å². The SMILES string of the molecule is CC(C)C[C@H](C)C(=O)O.COC(=O)[C@@H](N)C[C@@H]1CCNC1=O.COC(=O)[C@H](C[C@@H]1CCNC1=O)NC(=O)OC(C)(C)C.COC(=O)[C@H](C[C@@H]1CCNC1=O)NC(=O)[C@@H](C)CC(C)C.O=CC(F)(F)F. The summed E-state index contributed by atoms with van der Waals surface area (Å²) in [6.45, 7) is 18.8. The lowest BCUT2D eigenvalue weighted by Crippen LogP contribution is -2.45. The Balaban J connectivity index is 0.